The van der Waals surface area contributed by atoms with E-state index in [0.717, 1.165) is 19.3 Å². The molecule has 2 rings (SSSR count). The van der Waals surface area contributed by atoms with Crippen molar-refractivity contribution in [2.75, 3.05) is 13.7 Å². The summed E-state index contributed by atoms with van der Waals surface area (Å²) in [4.78, 5) is 38.7. The van der Waals surface area contributed by atoms with Gasteiger partial charge in [-0.1, -0.05) is 19.8 Å². The third-order valence-corrected chi connectivity index (χ3v) is 4.55. The molecule has 136 valence electrons. The van der Waals surface area contributed by atoms with Crippen molar-refractivity contribution in [3.8, 4) is 0 Å². The van der Waals surface area contributed by atoms with Crippen LogP contribution in [0.5, 0.6) is 0 Å². The molecule has 3 atom stereocenters. The fourth-order valence-electron chi connectivity index (χ4n) is 3.38. The van der Waals surface area contributed by atoms with Crippen LogP contribution >= 0.6 is 0 Å². The number of cyclic esters (lactones) is 1. The van der Waals surface area contributed by atoms with Crippen LogP contribution in [-0.2, 0) is 28.6 Å². The van der Waals surface area contributed by atoms with Crippen LogP contribution in [0.3, 0.4) is 0 Å². The molecular weight excluding hydrogens is 314 g/mol. The summed E-state index contributed by atoms with van der Waals surface area (Å²) in [6.45, 7) is 5.82. The predicted octanol–water partition coefficient (Wildman–Crippen LogP) is 1.63. The van der Waals surface area contributed by atoms with Crippen LogP contribution in [0, 0.1) is 5.92 Å². The van der Waals surface area contributed by atoms with E-state index in [2.05, 4.69) is 0 Å². The molecule has 0 N–H and O–H groups in total. The van der Waals surface area contributed by atoms with Crippen molar-refractivity contribution in [1.29, 1.82) is 0 Å². The molecule has 0 unspecified atom stereocenters. The zero-order chi connectivity index (χ0) is 17.9. The molecule has 24 heavy (non-hydrogen) atoms. The molecule has 7 heteroatoms. The van der Waals surface area contributed by atoms with Gasteiger partial charge in [-0.05, 0) is 19.3 Å². The topological polar surface area (TPSA) is 82.1 Å². The first kappa shape index (κ1) is 18.7. The van der Waals surface area contributed by atoms with Crippen molar-refractivity contribution in [3.63, 3.8) is 0 Å². The summed E-state index contributed by atoms with van der Waals surface area (Å²) in [6.07, 6.45) is 2.62. The quantitative estimate of drug-likeness (QED) is 0.683. The number of likely N-dealkylation sites (tertiary alicyclic amines) is 1. The van der Waals surface area contributed by atoms with Crippen LogP contribution in [0.2, 0.25) is 0 Å². The zero-order valence-corrected chi connectivity index (χ0v) is 14.9. The molecule has 0 aromatic rings. The van der Waals surface area contributed by atoms with Gasteiger partial charge in [0.05, 0.1) is 13.0 Å². The Morgan fingerprint density at radius 1 is 1.42 bits per heavy atom. The second kappa shape index (κ2) is 7.51. The summed E-state index contributed by atoms with van der Waals surface area (Å²) < 4.78 is 15.7. The maximum absolute atomic E-state index is 13.1. The Bertz CT molecular complexity index is 503. The van der Waals surface area contributed by atoms with Gasteiger partial charge in [0.1, 0.15) is 6.04 Å². The molecule has 2 heterocycles. The van der Waals surface area contributed by atoms with Gasteiger partial charge in [-0.15, -0.1) is 0 Å². The molecule has 0 aromatic heterocycles. The number of methoxy groups -OCH3 is 1. The molecule has 0 aliphatic carbocycles. The second-order valence-corrected chi connectivity index (χ2v) is 6.82. The Balaban J connectivity index is 2.19. The van der Waals surface area contributed by atoms with Gasteiger partial charge in [0.2, 0.25) is 11.7 Å². The smallest absolute Gasteiger partial charge is 0.338 e. The lowest BCUT2D eigenvalue weighted by Crippen LogP contribution is -2.48. The van der Waals surface area contributed by atoms with Crippen molar-refractivity contribution in [2.24, 2.45) is 5.92 Å². The lowest BCUT2D eigenvalue weighted by molar-refractivity contribution is -0.164. The first-order valence-electron chi connectivity index (χ1n) is 8.59. The zero-order valence-electron chi connectivity index (χ0n) is 14.9. The van der Waals surface area contributed by atoms with Crippen LogP contribution in [0.15, 0.2) is 0 Å². The molecule has 0 saturated carbocycles. The highest BCUT2D eigenvalue weighted by Gasteiger charge is 2.49. The van der Waals surface area contributed by atoms with Gasteiger partial charge in [0, 0.05) is 20.4 Å². The Hall–Kier alpha value is -1.63. The number of nitrogens with zero attached hydrogens (tertiary/aromatic N) is 1. The first-order chi connectivity index (χ1) is 11.3. The average Bonchev–Trinajstić information content (AvgIpc) is 3.11. The minimum Gasteiger partial charge on any atom is -0.467 e. The Labute approximate surface area is 142 Å². The maximum Gasteiger partial charge on any atom is 0.338 e. The normalized spacial score (nSPS) is 27.0. The van der Waals surface area contributed by atoms with E-state index in [9.17, 15) is 14.4 Å². The fourth-order valence-corrected chi connectivity index (χ4v) is 3.38. The van der Waals surface area contributed by atoms with Gasteiger partial charge in [0.15, 0.2) is 6.10 Å². The molecule has 0 spiro atoms. The van der Waals surface area contributed by atoms with Crippen LogP contribution < -0.4 is 0 Å². The van der Waals surface area contributed by atoms with Crippen LogP contribution in [0.1, 0.15) is 52.9 Å². The number of esters is 2. The minimum atomic E-state index is -1.03. The van der Waals surface area contributed by atoms with Crippen molar-refractivity contribution >= 4 is 17.8 Å². The van der Waals surface area contributed by atoms with E-state index >= 15 is 0 Å². The predicted molar refractivity (Wildman–Crippen MR) is 84.8 cm³/mol. The van der Waals surface area contributed by atoms with Gasteiger partial charge in [-0.2, -0.15) is 0 Å². The monoisotopic (exact) mass is 341 g/mol. The minimum absolute atomic E-state index is 0.226. The van der Waals surface area contributed by atoms with Crippen molar-refractivity contribution in [2.45, 2.75) is 70.8 Å². The third-order valence-electron chi connectivity index (χ3n) is 4.55. The van der Waals surface area contributed by atoms with Crippen LogP contribution in [0.4, 0.5) is 0 Å². The number of hydrogen-bond donors (Lipinski definition) is 0. The lowest BCUT2D eigenvalue weighted by Gasteiger charge is -2.29. The van der Waals surface area contributed by atoms with Gasteiger partial charge >= 0.3 is 11.9 Å². The summed E-state index contributed by atoms with van der Waals surface area (Å²) in [6, 6.07) is -0.572. The molecular formula is C17H27NO6. The molecule has 7 nitrogen and oxygen atoms in total. The van der Waals surface area contributed by atoms with Gasteiger partial charge in [-0.25, -0.2) is 9.59 Å². The Morgan fingerprint density at radius 3 is 2.67 bits per heavy atom. The standard InChI is InChI=1S/C17H27NO6/c1-5-6-8-11(13-16(21)24-17(2,3)23-13)14(19)18-10-7-9-12(18)15(20)22-4/h11-13H,5-10H2,1-4H3/t11-,12+,13+/m1/s1. The molecule has 2 fully saturated rings. The maximum atomic E-state index is 13.1. The van der Waals surface area contributed by atoms with Crippen LogP contribution in [-0.4, -0.2) is 54.3 Å². The van der Waals surface area contributed by atoms with E-state index in [1.165, 1.54) is 12.0 Å². The van der Waals surface area contributed by atoms with E-state index < -0.39 is 35.8 Å². The first-order valence-corrected chi connectivity index (χ1v) is 8.59. The number of rotatable bonds is 6. The molecule has 2 aliphatic rings. The number of carbonyl (C=O) groups excluding carboxylic acids is 3. The molecule has 2 saturated heterocycles. The largest absolute Gasteiger partial charge is 0.467 e. The summed E-state index contributed by atoms with van der Waals surface area (Å²) in [5.74, 6) is -2.81. The molecule has 0 bridgehead atoms. The van der Waals surface area contributed by atoms with E-state index in [-0.39, 0.29) is 5.91 Å². The third kappa shape index (κ3) is 3.88. The Kier molecular flexibility index (Phi) is 5.85. The molecule has 0 aromatic carbocycles. The SMILES string of the molecule is CCCC[C@@H](C(=O)N1CCC[C@H]1C(=O)OC)[C@@H]1OC(C)(C)OC1=O. The summed E-state index contributed by atoms with van der Waals surface area (Å²) in [7, 11) is 1.32. The second-order valence-electron chi connectivity index (χ2n) is 6.82. The number of hydrogen-bond acceptors (Lipinski definition) is 6. The molecule has 0 radical (unpaired) electrons. The number of ether oxygens (including phenoxy) is 3. The van der Waals surface area contributed by atoms with Gasteiger partial charge < -0.3 is 19.1 Å². The number of carbonyl (C=O) groups is 3. The molecule has 2 aliphatic heterocycles. The highest BCUT2D eigenvalue weighted by molar-refractivity contribution is 5.91. The average molecular weight is 341 g/mol. The van der Waals surface area contributed by atoms with Gasteiger partial charge in [0.25, 0.3) is 0 Å². The van der Waals surface area contributed by atoms with E-state index in [1.807, 2.05) is 6.92 Å². The van der Waals surface area contributed by atoms with Crippen molar-refractivity contribution in [3.05, 3.63) is 0 Å². The van der Waals surface area contributed by atoms with E-state index in [1.54, 1.807) is 13.8 Å². The van der Waals surface area contributed by atoms with Crippen molar-refractivity contribution < 1.29 is 28.6 Å². The lowest BCUT2D eigenvalue weighted by atomic mass is 9.94. The molecule has 1 amide bonds. The summed E-state index contributed by atoms with van der Waals surface area (Å²) in [5, 5.41) is 0. The summed E-state index contributed by atoms with van der Waals surface area (Å²) in [5.41, 5.74) is 0. The van der Waals surface area contributed by atoms with Gasteiger partial charge in [-0.3, -0.25) is 4.79 Å². The number of unbranched alkanes of at least 4 members (excludes halogenated alkanes) is 1. The highest BCUT2D eigenvalue weighted by Crippen LogP contribution is 2.33. The fraction of sp³-hybridized carbons (Fsp3) is 0.824. The number of amides is 1. The van der Waals surface area contributed by atoms with E-state index in [0.29, 0.717) is 19.4 Å². The Morgan fingerprint density at radius 2 is 2.12 bits per heavy atom. The van der Waals surface area contributed by atoms with Crippen LogP contribution in [0.25, 0.3) is 0 Å². The van der Waals surface area contributed by atoms with E-state index in [4.69, 9.17) is 14.2 Å². The summed E-state index contributed by atoms with van der Waals surface area (Å²) >= 11 is 0. The van der Waals surface area contributed by atoms with Crippen molar-refractivity contribution in [1.82, 2.24) is 4.90 Å². The highest BCUT2D eigenvalue weighted by atomic mass is 16.8.